The topological polar surface area (TPSA) is 53.7 Å². The highest BCUT2D eigenvalue weighted by Crippen LogP contribution is 2.38. The summed E-state index contributed by atoms with van der Waals surface area (Å²) in [7, 11) is 4.61. The van der Waals surface area contributed by atoms with Crippen molar-refractivity contribution in [1.82, 2.24) is 0 Å². The SMILES string of the molecule is COc1cc(OC)c([C@H](N)CCF)c(OC)c1. The normalized spacial score (nSPS) is 12.1. The largest absolute Gasteiger partial charge is 0.496 e. The minimum absolute atomic E-state index is 0.221. The highest BCUT2D eigenvalue weighted by molar-refractivity contribution is 5.52. The first-order valence-corrected chi connectivity index (χ1v) is 5.29. The number of hydrogen-bond acceptors (Lipinski definition) is 4. The molecular weight excluding hydrogens is 225 g/mol. The lowest BCUT2D eigenvalue weighted by Crippen LogP contribution is -2.14. The van der Waals surface area contributed by atoms with Crippen LogP contribution in [0.4, 0.5) is 4.39 Å². The Bertz CT molecular complexity index is 346. The second kappa shape index (κ2) is 6.30. The summed E-state index contributed by atoms with van der Waals surface area (Å²) in [5.74, 6) is 1.69. The average Bonchev–Trinajstić information content (AvgIpc) is 2.37. The van der Waals surface area contributed by atoms with Gasteiger partial charge in [-0.2, -0.15) is 0 Å². The monoisotopic (exact) mass is 243 g/mol. The van der Waals surface area contributed by atoms with E-state index in [-0.39, 0.29) is 6.42 Å². The molecule has 0 heterocycles. The van der Waals surface area contributed by atoms with Gasteiger partial charge in [0.25, 0.3) is 0 Å². The lowest BCUT2D eigenvalue weighted by molar-refractivity contribution is 0.357. The van der Waals surface area contributed by atoms with E-state index in [1.807, 2.05) is 0 Å². The van der Waals surface area contributed by atoms with Gasteiger partial charge in [0.1, 0.15) is 17.2 Å². The highest BCUT2D eigenvalue weighted by Gasteiger charge is 2.19. The van der Waals surface area contributed by atoms with E-state index in [1.54, 1.807) is 19.2 Å². The fourth-order valence-corrected chi connectivity index (χ4v) is 1.66. The third kappa shape index (κ3) is 3.00. The zero-order valence-corrected chi connectivity index (χ0v) is 10.3. The van der Waals surface area contributed by atoms with Crippen LogP contribution in [0.5, 0.6) is 17.2 Å². The predicted octanol–water partition coefficient (Wildman–Crippen LogP) is 2.07. The zero-order chi connectivity index (χ0) is 12.8. The van der Waals surface area contributed by atoms with Crippen LogP contribution in [0.15, 0.2) is 12.1 Å². The number of alkyl halides is 1. The minimum atomic E-state index is -0.487. The van der Waals surface area contributed by atoms with Crippen molar-refractivity contribution >= 4 is 0 Å². The second-order valence-corrected chi connectivity index (χ2v) is 3.53. The van der Waals surface area contributed by atoms with Crippen LogP contribution in [0, 0.1) is 0 Å². The number of hydrogen-bond donors (Lipinski definition) is 1. The van der Waals surface area contributed by atoms with Gasteiger partial charge < -0.3 is 19.9 Å². The van der Waals surface area contributed by atoms with Crippen molar-refractivity contribution in [3.63, 3.8) is 0 Å². The van der Waals surface area contributed by atoms with Gasteiger partial charge in [0, 0.05) is 18.2 Å². The van der Waals surface area contributed by atoms with Gasteiger partial charge in [-0.1, -0.05) is 0 Å². The lowest BCUT2D eigenvalue weighted by Gasteiger charge is -2.19. The average molecular weight is 243 g/mol. The van der Waals surface area contributed by atoms with Crippen molar-refractivity contribution in [3.8, 4) is 17.2 Å². The predicted molar refractivity (Wildman–Crippen MR) is 63.6 cm³/mol. The maximum absolute atomic E-state index is 12.4. The molecule has 0 bridgehead atoms. The van der Waals surface area contributed by atoms with Crippen molar-refractivity contribution in [2.24, 2.45) is 5.73 Å². The third-order valence-electron chi connectivity index (χ3n) is 2.54. The van der Waals surface area contributed by atoms with Crippen LogP contribution in [-0.4, -0.2) is 28.0 Å². The molecule has 96 valence electrons. The highest BCUT2D eigenvalue weighted by atomic mass is 19.1. The molecule has 0 fully saturated rings. The molecule has 4 nitrogen and oxygen atoms in total. The molecule has 0 radical (unpaired) electrons. The summed E-state index contributed by atoms with van der Waals surface area (Å²) in [6.07, 6.45) is 0.221. The Morgan fingerprint density at radius 3 is 2.00 bits per heavy atom. The van der Waals surface area contributed by atoms with Crippen LogP contribution >= 0.6 is 0 Å². The van der Waals surface area contributed by atoms with E-state index in [9.17, 15) is 4.39 Å². The third-order valence-corrected chi connectivity index (χ3v) is 2.54. The molecule has 0 amide bonds. The quantitative estimate of drug-likeness (QED) is 0.831. The molecule has 1 rings (SSSR count). The van der Waals surface area contributed by atoms with Crippen molar-refractivity contribution in [3.05, 3.63) is 17.7 Å². The molecule has 2 N–H and O–H groups in total. The van der Waals surface area contributed by atoms with Gasteiger partial charge in [0.2, 0.25) is 0 Å². The molecule has 1 aromatic rings. The Morgan fingerprint density at radius 1 is 1.12 bits per heavy atom. The van der Waals surface area contributed by atoms with Crippen LogP contribution < -0.4 is 19.9 Å². The van der Waals surface area contributed by atoms with Crippen molar-refractivity contribution in [2.45, 2.75) is 12.5 Å². The van der Waals surface area contributed by atoms with Crippen LogP contribution in [-0.2, 0) is 0 Å². The van der Waals surface area contributed by atoms with Gasteiger partial charge in [0.15, 0.2) is 0 Å². The summed E-state index contributed by atoms with van der Waals surface area (Å²) in [4.78, 5) is 0. The van der Waals surface area contributed by atoms with E-state index in [0.717, 1.165) is 0 Å². The van der Waals surface area contributed by atoms with Crippen LogP contribution in [0.2, 0.25) is 0 Å². The number of methoxy groups -OCH3 is 3. The molecule has 0 saturated heterocycles. The number of halogens is 1. The van der Waals surface area contributed by atoms with Gasteiger partial charge in [-0.3, -0.25) is 4.39 Å². The summed E-state index contributed by atoms with van der Waals surface area (Å²) >= 11 is 0. The molecule has 5 heteroatoms. The van der Waals surface area contributed by atoms with Crippen molar-refractivity contribution in [2.75, 3.05) is 28.0 Å². The molecule has 1 atom stereocenters. The standard InChI is InChI=1S/C12H18FNO3/c1-15-8-6-10(16-2)12(9(14)4-5-13)11(7-8)17-3/h6-7,9H,4-5,14H2,1-3H3/t9-/m1/s1. The molecule has 1 aromatic carbocycles. The Balaban J connectivity index is 3.23. The Labute approximate surface area is 100 Å². The van der Waals surface area contributed by atoms with Gasteiger partial charge in [-0.25, -0.2) is 0 Å². The van der Waals surface area contributed by atoms with Gasteiger partial charge in [-0.05, 0) is 6.42 Å². The molecule has 0 spiro atoms. The fraction of sp³-hybridized carbons (Fsp3) is 0.500. The van der Waals surface area contributed by atoms with E-state index in [1.165, 1.54) is 14.2 Å². The van der Waals surface area contributed by atoms with Crippen molar-refractivity contribution < 1.29 is 18.6 Å². The number of benzene rings is 1. The maximum atomic E-state index is 12.4. The minimum Gasteiger partial charge on any atom is -0.496 e. The molecule has 0 aliphatic carbocycles. The van der Waals surface area contributed by atoms with Gasteiger partial charge in [-0.15, -0.1) is 0 Å². The molecule has 0 saturated carbocycles. The summed E-state index contributed by atoms with van der Waals surface area (Å²) in [5.41, 5.74) is 6.57. The second-order valence-electron chi connectivity index (χ2n) is 3.53. The van der Waals surface area contributed by atoms with Gasteiger partial charge in [0.05, 0.1) is 33.6 Å². The van der Waals surface area contributed by atoms with Crippen LogP contribution in [0.1, 0.15) is 18.0 Å². The number of rotatable bonds is 6. The Morgan fingerprint density at radius 2 is 1.65 bits per heavy atom. The van der Waals surface area contributed by atoms with Gasteiger partial charge >= 0.3 is 0 Å². The Kier molecular flexibility index (Phi) is 5.03. The molecular formula is C12H18FNO3. The van der Waals surface area contributed by atoms with E-state index >= 15 is 0 Å². The smallest absolute Gasteiger partial charge is 0.131 e. The first-order valence-electron chi connectivity index (χ1n) is 5.29. The first-order chi connectivity index (χ1) is 8.17. The summed E-state index contributed by atoms with van der Waals surface area (Å²) < 4.78 is 27.9. The van der Waals surface area contributed by atoms with E-state index < -0.39 is 12.7 Å². The fourth-order valence-electron chi connectivity index (χ4n) is 1.66. The van der Waals surface area contributed by atoms with Crippen molar-refractivity contribution in [1.29, 1.82) is 0 Å². The molecule has 0 unspecified atom stereocenters. The molecule has 0 aliphatic rings. The zero-order valence-electron chi connectivity index (χ0n) is 10.3. The summed E-state index contributed by atoms with van der Waals surface area (Å²) in [5, 5.41) is 0. The van der Waals surface area contributed by atoms with Crippen LogP contribution in [0.25, 0.3) is 0 Å². The van der Waals surface area contributed by atoms with E-state index in [4.69, 9.17) is 19.9 Å². The van der Waals surface area contributed by atoms with Crippen LogP contribution in [0.3, 0.4) is 0 Å². The number of ether oxygens (including phenoxy) is 3. The summed E-state index contributed by atoms with van der Waals surface area (Å²) in [6, 6.07) is 2.95. The summed E-state index contributed by atoms with van der Waals surface area (Å²) in [6.45, 7) is -0.487. The maximum Gasteiger partial charge on any atom is 0.131 e. The molecule has 0 aromatic heterocycles. The van der Waals surface area contributed by atoms with E-state index in [0.29, 0.717) is 22.8 Å². The van der Waals surface area contributed by atoms with E-state index in [2.05, 4.69) is 0 Å². The number of nitrogens with two attached hydrogens (primary N) is 1. The lowest BCUT2D eigenvalue weighted by atomic mass is 10.0. The molecule has 0 aliphatic heterocycles. The Hall–Kier alpha value is -1.49. The first kappa shape index (κ1) is 13.6. The molecule has 17 heavy (non-hydrogen) atoms.